The number of hydrogen-bond acceptors (Lipinski definition) is 3. The zero-order chi connectivity index (χ0) is 14.4. The van der Waals surface area contributed by atoms with Crippen molar-refractivity contribution in [2.75, 3.05) is 20.2 Å². The Kier molecular flexibility index (Phi) is 6.12. The number of methoxy groups -OCH3 is 1. The Morgan fingerprint density at radius 2 is 2.05 bits per heavy atom. The van der Waals surface area contributed by atoms with E-state index in [1.807, 2.05) is 18.7 Å². The molecule has 5 heteroatoms. The first-order valence-corrected chi connectivity index (χ1v) is 7.10. The minimum atomic E-state index is -0.150. The summed E-state index contributed by atoms with van der Waals surface area (Å²) in [6.07, 6.45) is 2.32. The zero-order valence-electron chi connectivity index (χ0n) is 12.4. The van der Waals surface area contributed by atoms with Crippen molar-refractivity contribution in [1.29, 1.82) is 0 Å². The van der Waals surface area contributed by atoms with Crippen molar-refractivity contribution in [2.45, 2.75) is 46.1 Å². The van der Waals surface area contributed by atoms with Gasteiger partial charge in [-0.25, -0.2) is 4.79 Å². The molecule has 0 bridgehead atoms. The Morgan fingerprint density at radius 1 is 1.37 bits per heavy atom. The molecule has 2 amide bonds. The zero-order valence-corrected chi connectivity index (χ0v) is 12.4. The minimum Gasteiger partial charge on any atom is -0.469 e. The molecule has 19 heavy (non-hydrogen) atoms. The van der Waals surface area contributed by atoms with E-state index in [1.54, 1.807) is 0 Å². The van der Waals surface area contributed by atoms with E-state index in [0.717, 1.165) is 25.9 Å². The lowest BCUT2D eigenvalue weighted by molar-refractivity contribution is -0.142. The molecule has 0 saturated carbocycles. The fraction of sp³-hybridized carbons (Fsp3) is 0.857. The van der Waals surface area contributed by atoms with Gasteiger partial charge in [0.1, 0.15) is 0 Å². The number of nitrogens with one attached hydrogen (secondary N) is 1. The van der Waals surface area contributed by atoms with Crippen LogP contribution >= 0.6 is 0 Å². The van der Waals surface area contributed by atoms with E-state index in [-0.39, 0.29) is 18.0 Å². The normalized spacial score (nSPS) is 23.3. The van der Waals surface area contributed by atoms with Crippen LogP contribution in [-0.2, 0) is 9.53 Å². The van der Waals surface area contributed by atoms with Gasteiger partial charge in [0.2, 0.25) is 0 Å². The van der Waals surface area contributed by atoms with Crippen molar-refractivity contribution < 1.29 is 14.3 Å². The van der Waals surface area contributed by atoms with E-state index >= 15 is 0 Å². The molecular formula is C14H26N2O3. The smallest absolute Gasteiger partial charge is 0.317 e. The summed E-state index contributed by atoms with van der Waals surface area (Å²) >= 11 is 0. The van der Waals surface area contributed by atoms with Crippen LogP contribution in [0.2, 0.25) is 0 Å². The van der Waals surface area contributed by atoms with Crippen LogP contribution in [0.25, 0.3) is 0 Å². The largest absolute Gasteiger partial charge is 0.469 e. The number of hydrogen-bond donors (Lipinski definition) is 1. The van der Waals surface area contributed by atoms with Crippen LogP contribution < -0.4 is 5.32 Å². The van der Waals surface area contributed by atoms with Gasteiger partial charge in [-0.05, 0) is 32.1 Å². The van der Waals surface area contributed by atoms with Gasteiger partial charge in [-0.1, -0.05) is 13.3 Å². The second-order valence-corrected chi connectivity index (χ2v) is 5.55. The van der Waals surface area contributed by atoms with Crippen LogP contribution in [-0.4, -0.2) is 43.1 Å². The number of carbonyl (C=O) groups excluding carboxylic acids is 2. The van der Waals surface area contributed by atoms with Crippen LogP contribution in [0.5, 0.6) is 0 Å². The number of carbonyl (C=O) groups is 2. The highest BCUT2D eigenvalue weighted by atomic mass is 16.5. The Morgan fingerprint density at radius 3 is 2.58 bits per heavy atom. The van der Waals surface area contributed by atoms with E-state index in [1.165, 1.54) is 7.11 Å². The Bertz CT molecular complexity index is 318. The second-order valence-electron chi connectivity index (χ2n) is 5.55. The Hall–Kier alpha value is -1.26. The average molecular weight is 270 g/mol. The number of likely N-dealkylation sites (tertiary alicyclic amines) is 1. The van der Waals surface area contributed by atoms with Crippen LogP contribution in [0.3, 0.4) is 0 Å². The van der Waals surface area contributed by atoms with E-state index in [4.69, 9.17) is 4.74 Å². The maximum Gasteiger partial charge on any atom is 0.317 e. The summed E-state index contributed by atoms with van der Waals surface area (Å²) in [5, 5.41) is 2.92. The lowest BCUT2D eigenvalue weighted by atomic mass is 9.81. The number of amides is 2. The summed E-state index contributed by atoms with van der Waals surface area (Å²) in [5.74, 6) is 0.565. The fourth-order valence-electron chi connectivity index (χ4n) is 2.63. The standard InChI is InChI=1S/C14H26N2O3/c1-5-11-9-16(14(18)15-10(2)3)7-6-12(11)8-13(17)19-4/h10-12H,5-9H2,1-4H3,(H,15,18). The van der Waals surface area contributed by atoms with Gasteiger partial charge in [0, 0.05) is 25.6 Å². The Balaban J connectivity index is 2.54. The Labute approximate surface area is 115 Å². The molecule has 2 atom stereocenters. The van der Waals surface area contributed by atoms with Gasteiger partial charge in [-0.15, -0.1) is 0 Å². The molecule has 1 N–H and O–H groups in total. The molecule has 0 aromatic carbocycles. The molecule has 0 aromatic rings. The van der Waals surface area contributed by atoms with Crippen molar-refractivity contribution in [3.8, 4) is 0 Å². The topological polar surface area (TPSA) is 58.6 Å². The SMILES string of the molecule is CCC1CN(C(=O)NC(C)C)CCC1CC(=O)OC. The van der Waals surface area contributed by atoms with Crippen molar-refractivity contribution in [3.05, 3.63) is 0 Å². The quantitative estimate of drug-likeness (QED) is 0.795. The van der Waals surface area contributed by atoms with Crippen molar-refractivity contribution >= 4 is 12.0 Å². The number of ether oxygens (including phenoxy) is 1. The highest BCUT2D eigenvalue weighted by Crippen LogP contribution is 2.29. The molecule has 1 heterocycles. The molecule has 1 aliphatic heterocycles. The highest BCUT2D eigenvalue weighted by Gasteiger charge is 2.31. The highest BCUT2D eigenvalue weighted by molar-refractivity contribution is 5.74. The molecule has 1 fully saturated rings. The summed E-state index contributed by atoms with van der Waals surface area (Å²) < 4.78 is 4.74. The summed E-state index contributed by atoms with van der Waals surface area (Å²) in [7, 11) is 1.43. The monoisotopic (exact) mass is 270 g/mol. The van der Waals surface area contributed by atoms with Crippen LogP contribution in [0.4, 0.5) is 4.79 Å². The molecular weight excluding hydrogens is 244 g/mol. The summed E-state index contributed by atoms with van der Waals surface area (Å²) in [5.41, 5.74) is 0. The number of esters is 1. The molecule has 0 spiro atoms. The third-order valence-corrected chi connectivity index (χ3v) is 3.77. The van der Waals surface area contributed by atoms with Crippen molar-refractivity contribution in [2.24, 2.45) is 11.8 Å². The molecule has 110 valence electrons. The maximum atomic E-state index is 12.0. The van der Waals surface area contributed by atoms with E-state index in [9.17, 15) is 9.59 Å². The first kappa shape index (κ1) is 15.8. The molecule has 1 saturated heterocycles. The molecule has 1 aliphatic rings. The van der Waals surface area contributed by atoms with Gasteiger partial charge < -0.3 is 15.0 Å². The number of piperidine rings is 1. The lowest BCUT2D eigenvalue weighted by Gasteiger charge is -2.38. The summed E-state index contributed by atoms with van der Waals surface area (Å²) in [6, 6.07) is 0.158. The molecule has 0 aromatic heterocycles. The van der Waals surface area contributed by atoms with Crippen molar-refractivity contribution in [3.63, 3.8) is 0 Å². The predicted molar refractivity (Wildman–Crippen MR) is 73.8 cm³/mol. The maximum absolute atomic E-state index is 12.0. The molecule has 0 aliphatic carbocycles. The van der Waals surface area contributed by atoms with Gasteiger partial charge in [-0.2, -0.15) is 0 Å². The molecule has 1 rings (SSSR count). The van der Waals surface area contributed by atoms with Gasteiger partial charge in [-0.3, -0.25) is 4.79 Å². The molecule has 5 nitrogen and oxygen atoms in total. The number of nitrogens with zero attached hydrogens (tertiary/aromatic N) is 1. The van der Waals surface area contributed by atoms with E-state index < -0.39 is 0 Å². The van der Waals surface area contributed by atoms with Crippen LogP contribution in [0.1, 0.15) is 40.0 Å². The third-order valence-electron chi connectivity index (χ3n) is 3.77. The van der Waals surface area contributed by atoms with E-state index in [0.29, 0.717) is 18.3 Å². The first-order valence-electron chi connectivity index (χ1n) is 7.10. The van der Waals surface area contributed by atoms with E-state index in [2.05, 4.69) is 12.2 Å². The minimum absolute atomic E-state index is 0.00460. The molecule has 0 radical (unpaired) electrons. The fourth-order valence-corrected chi connectivity index (χ4v) is 2.63. The second kappa shape index (κ2) is 7.36. The summed E-state index contributed by atoms with van der Waals surface area (Å²) in [4.78, 5) is 25.2. The van der Waals surface area contributed by atoms with Crippen LogP contribution in [0, 0.1) is 11.8 Å². The van der Waals surface area contributed by atoms with Gasteiger partial charge in [0.25, 0.3) is 0 Å². The van der Waals surface area contributed by atoms with Crippen molar-refractivity contribution in [1.82, 2.24) is 10.2 Å². The number of urea groups is 1. The summed E-state index contributed by atoms with van der Waals surface area (Å²) in [6.45, 7) is 7.48. The van der Waals surface area contributed by atoms with Gasteiger partial charge in [0.05, 0.1) is 7.11 Å². The van der Waals surface area contributed by atoms with Gasteiger partial charge >= 0.3 is 12.0 Å². The van der Waals surface area contributed by atoms with Crippen LogP contribution in [0.15, 0.2) is 0 Å². The number of rotatable bonds is 4. The average Bonchev–Trinajstić information content (AvgIpc) is 2.38. The lowest BCUT2D eigenvalue weighted by Crippen LogP contribution is -2.49. The van der Waals surface area contributed by atoms with Gasteiger partial charge in [0.15, 0.2) is 0 Å². The predicted octanol–water partition coefficient (Wildman–Crippen LogP) is 2.02. The third kappa shape index (κ3) is 4.73. The molecule has 2 unspecified atom stereocenters. The first-order chi connectivity index (χ1) is 8.97.